The highest BCUT2D eigenvalue weighted by Gasteiger charge is 2.08. The quantitative estimate of drug-likeness (QED) is 0.753. The molecule has 80 valence electrons. The standard InChI is InChI=1S/C12H10O3P/c13-16-15-12-9-5-4-8-11(12)14-10-6-2-1-3-7-10/h1-9,16H/q+1. The van der Waals surface area contributed by atoms with Gasteiger partial charge in [0.05, 0.1) is 0 Å². The molecule has 1 atom stereocenters. The van der Waals surface area contributed by atoms with E-state index in [4.69, 9.17) is 9.26 Å². The van der Waals surface area contributed by atoms with Crippen LogP contribution in [0.4, 0.5) is 0 Å². The third-order valence-corrected chi connectivity index (χ3v) is 2.28. The highest BCUT2D eigenvalue weighted by molar-refractivity contribution is 7.17. The van der Waals surface area contributed by atoms with Gasteiger partial charge in [-0.15, -0.1) is 0 Å². The molecule has 0 aliphatic heterocycles. The van der Waals surface area contributed by atoms with Crippen molar-refractivity contribution in [1.29, 1.82) is 0 Å². The average Bonchev–Trinajstić information content (AvgIpc) is 2.33. The Morgan fingerprint density at radius 3 is 2.12 bits per heavy atom. The Hall–Kier alpha value is -1.86. The van der Waals surface area contributed by atoms with Crippen molar-refractivity contribution >= 4 is 8.69 Å². The minimum Gasteiger partial charge on any atom is -0.453 e. The van der Waals surface area contributed by atoms with Crippen LogP contribution in [-0.2, 0) is 4.57 Å². The van der Waals surface area contributed by atoms with Gasteiger partial charge in [-0.3, -0.25) is 4.52 Å². The van der Waals surface area contributed by atoms with E-state index in [-0.39, 0.29) is 0 Å². The molecule has 0 heterocycles. The van der Waals surface area contributed by atoms with Crippen LogP contribution < -0.4 is 9.26 Å². The number of hydrogen-bond acceptors (Lipinski definition) is 3. The maximum atomic E-state index is 10.5. The van der Waals surface area contributed by atoms with E-state index in [9.17, 15) is 4.57 Å². The SMILES string of the molecule is O=[PH+]Oc1ccccc1Oc1ccccc1. The smallest absolute Gasteiger partial charge is 0.453 e. The Morgan fingerprint density at radius 2 is 1.44 bits per heavy atom. The lowest BCUT2D eigenvalue weighted by atomic mass is 10.3. The van der Waals surface area contributed by atoms with Crippen molar-refractivity contribution in [3.8, 4) is 17.2 Å². The third kappa shape index (κ3) is 2.59. The van der Waals surface area contributed by atoms with E-state index in [1.54, 1.807) is 18.2 Å². The van der Waals surface area contributed by atoms with Crippen LogP contribution in [0.1, 0.15) is 0 Å². The predicted octanol–water partition coefficient (Wildman–Crippen LogP) is 3.80. The first-order valence-corrected chi connectivity index (χ1v) is 5.58. The van der Waals surface area contributed by atoms with Crippen molar-refractivity contribution in [2.45, 2.75) is 0 Å². The minimum atomic E-state index is -0.838. The van der Waals surface area contributed by atoms with Crippen molar-refractivity contribution < 1.29 is 13.8 Å². The fraction of sp³-hybridized carbons (Fsp3) is 0. The van der Waals surface area contributed by atoms with E-state index in [1.165, 1.54) is 0 Å². The number of hydrogen-bond donors (Lipinski definition) is 0. The molecule has 3 nitrogen and oxygen atoms in total. The van der Waals surface area contributed by atoms with Gasteiger partial charge in [0.25, 0.3) is 0 Å². The fourth-order valence-electron chi connectivity index (χ4n) is 1.28. The molecule has 0 saturated carbocycles. The summed E-state index contributed by atoms with van der Waals surface area (Å²) in [5, 5.41) is 0. The summed E-state index contributed by atoms with van der Waals surface area (Å²) in [6.45, 7) is 0. The van der Waals surface area contributed by atoms with Gasteiger partial charge >= 0.3 is 8.69 Å². The van der Waals surface area contributed by atoms with Gasteiger partial charge < -0.3 is 4.74 Å². The zero-order chi connectivity index (χ0) is 11.2. The van der Waals surface area contributed by atoms with Gasteiger partial charge in [-0.1, -0.05) is 30.3 Å². The molecule has 0 aliphatic carbocycles. The maximum Gasteiger partial charge on any atom is 0.542 e. The van der Waals surface area contributed by atoms with Crippen molar-refractivity contribution in [3.05, 3.63) is 54.6 Å². The highest BCUT2D eigenvalue weighted by Crippen LogP contribution is 2.32. The molecule has 2 rings (SSSR count). The molecule has 16 heavy (non-hydrogen) atoms. The summed E-state index contributed by atoms with van der Waals surface area (Å²) in [6, 6.07) is 16.5. The molecule has 4 heteroatoms. The minimum absolute atomic E-state index is 0.472. The molecule has 0 saturated heterocycles. The molecule has 2 aromatic carbocycles. The van der Waals surface area contributed by atoms with E-state index >= 15 is 0 Å². The van der Waals surface area contributed by atoms with Crippen LogP contribution in [-0.4, -0.2) is 0 Å². The lowest BCUT2D eigenvalue weighted by molar-refractivity contribution is 0.449. The summed E-state index contributed by atoms with van der Waals surface area (Å²) in [5.41, 5.74) is 0. The largest absolute Gasteiger partial charge is 0.542 e. The first-order chi connectivity index (χ1) is 7.90. The Bertz CT molecular complexity index is 471. The first kappa shape index (κ1) is 10.7. The van der Waals surface area contributed by atoms with Gasteiger partial charge in [0.15, 0.2) is 5.75 Å². The van der Waals surface area contributed by atoms with Crippen LogP contribution in [0, 0.1) is 0 Å². The summed E-state index contributed by atoms with van der Waals surface area (Å²) >= 11 is 0. The molecule has 0 amide bonds. The molecule has 0 fully saturated rings. The predicted molar refractivity (Wildman–Crippen MR) is 62.6 cm³/mol. The number of ether oxygens (including phenoxy) is 1. The summed E-state index contributed by atoms with van der Waals surface area (Å²) in [4.78, 5) is 0. The molecular weight excluding hydrogens is 223 g/mol. The Labute approximate surface area is 94.9 Å². The molecule has 1 unspecified atom stereocenters. The monoisotopic (exact) mass is 233 g/mol. The average molecular weight is 233 g/mol. The molecular formula is C12H10O3P+. The van der Waals surface area contributed by atoms with Gasteiger partial charge in [-0.2, -0.15) is 0 Å². The number of rotatable bonds is 4. The van der Waals surface area contributed by atoms with Gasteiger partial charge in [-0.25, -0.2) is 0 Å². The number of para-hydroxylation sites is 3. The molecule has 0 aliphatic rings. The zero-order valence-corrected chi connectivity index (χ0v) is 9.42. The summed E-state index contributed by atoms with van der Waals surface area (Å²) < 4.78 is 21.0. The Kier molecular flexibility index (Phi) is 3.52. The van der Waals surface area contributed by atoms with E-state index in [2.05, 4.69) is 0 Å². The second-order valence-corrected chi connectivity index (χ2v) is 3.42. The zero-order valence-electron chi connectivity index (χ0n) is 8.42. The van der Waals surface area contributed by atoms with Crippen LogP contribution in [0.15, 0.2) is 54.6 Å². The van der Waals surface area contributed by atoms with Crippen molar-refractivity contribution in [1.82, 2.24) is 0 Å². The highest BCUT2D eigenvalue weighted by atomic mass is 31.1. The lowest BCUT2D eigenvalue weighted by Gasteiger charge is -2.06. The topological polar surface area (TPSA) is 35.5 Å². The first-order valence-electron chi connectivity index (χ1n) is 4.76. The van der Waals surface area contributed by atoms with Crippen molar-refractivity contribution in [2.24, 2.45) is 0 Å². The molecule has 0 bridgehead atoms. The Morgan fingerprint density at radius 1 is 0.812 bits per heavy atom. The second-order valence-electron chi connectivity index (χ2n) is 3.05. The Balaban J connectivity index is 2.24. The lowest BCUT2D eigenvalue weighted by Crippen LogP contribution is -1.86. The molecule has 0 aromatic heterocycles. The third-order valence-electron chi connectivity index (χ3n) is 1.97. The summed E-state index contributed by atoms with van der Waals surface area (Å²) in [5.74, 6) is 1.74. The fourth-order valence-corrected chi connectivity index (χ4v) is 1.54. The maximum absolute atomic E-state index is 10.5. The second kappa shape index (κ2) is 5.29. The summed E-state index contributed by atoms with van der Waals surface area (Å²) in [6.07, 6.45) is 0. The van der Waals surface area contributed by atoms with Crippen LogP contribution >= 0.6 is 8.69 Å². The van der Waals surface area contributed by atoms with E-state index in [0.717, 1.165) is 0 Å². The number of benzene rings is 2. The van der Waals surface area contributed by atoms with Crippen molar-refractivity contribution in [2.75, 3.05) is 0 Å². The van der Waals surface area contributed by atoms with Crippen LogP contribution in [0.2, 0.25) is 0 Å². The van der Waals surface area contributed by atoms with Gasteiger partial charge in [0.2, 0.25) is 5.75 Å². The van der Waals surface area contributed by atoms with Gasteiger partial charge in [-0.05, 0) is 28.8 Å². The molecule has 0 N–H and O–H groups in total. The molecule has 2 aromatic rings. The normalized spacial score (nSPS) is 10.0. The van der Waals surface area contributed by atoms with Crippen LogP contribution in [0.3, 0.4) is 0 Å². The molecule has 0 radical (unpaired) electrons. The van der Waals surface area contributed by atoms with Gasteiger partial charge in [0.1, 0.15) is 5.75 Å². The molecule has 0 spiro atoms. The van der Waals surface area contributed by atoms with Crippen molar-refractivity contribution in [3.63, 3.8) is 0 Å². The van der Waals surface area contributed by atoms with Gasteiger partial charge in [0, 0.05) is 0 Å². The summed E-state index contributed by atoms with van der Waals surface area (Å²) in [7, 11) is -0.838. The van der Waals surface area contributed by atoms with E-state index in [0.29, 0.717) is 17.2 Å². The van der Waals surface area contributed by atoms with Crippen LogP contribution in [0.5, 0.6) is 17.2 Å². The van der Waals surface area contributed by atoms with Crippen LogP contribution in [0.25, 0.3) is 0 Å². The van der Waals surface area contributed by atoms with E-state index < -0.39 is 8.69 Å². The van der Waals surface area contributed by atoms with E-state index in [1.807, 2.05) is 36.4 Å².